The summed E-state index contributed by atoms with van der Waals surface area (Å²) in [5, 5.41) is 11.4. The van der Waals surface area contributed by atoms with E-state index in [0.29, 0.717) is 16.7 Å². The molecule has 6 nitrogen and oxygen atoms in total. The topological polar surface area (TPSA) is 83.9 Å². The molecule has 2 aromatic heterocycles. The Balaban J connectivity index is 1.57. The zero-order chi connectivity index (χ0) is 25.8. The van der Waals surface area contributed by atoms with Gasteiger partial charge < -0.3 is 18.8 Å². The largest absolute Gasteiger partial charge is 0.503 e. The summed E-state index contributed by atoms with van der Waals surface area (Å²) < 4.78 is 51.8. The molecule has 1 aliphatic heterocycles. The van der Waals surface area contributed by atoms with E-state index in [1.165, 1.54) is 18.2 Å². The second-order valence-corrected chi connectivity index (χ2v) is 9.28. The number of carbonyl (C=O) groups is 2. The number of amides is 1. The Kier molecular flexibility index (Phi) is 5.78. The number of hydrogen-bond donors (Lipinski definition) is 1. The SMILES string of the molecule is Cc1ccc(C2C(C(=O)c3cc4cc(Br)ccc4o3)=C(O)C(=O)N2Cc2cccc(C(F)(F)F)c2)o1. The van der Waals surface area contributed by atoms with Gasteiger partial charge in [-0.1, -0.05) is 28.1 Å². The van der Waals surface area contributed by atoms with Crippen LogP contribution in [0.1, 0.15) is 39.2 Å². The summed E-state index contributed by atoms with van der Waals surface area (Å²) in [5.74, 6) is -1.89. The summed E-state index contributed by atoms with van der Waals surface area (Å²) in [6, 6.07) is 13.2. The molecule has 36 heavy (non-hydrogen) atoms. The number of aryl methyl sites for hydroxylation is 1. The van der Waals surface area contributed by atoms with Crippen LogP contribution >= 0.6 is 15.9 Å². The molecule has 1 unspecified atom stereocenters. The van der Waals surface area contributed by atoms with E-state index >= 15 is 0 Å². The molecule has 0 saturated heterocycles. The monoisotopic (exact) mass is 559 g/mol. The summed E-state index contributed by atoms with van der Waals surface area (Å²) in [6.07, 6.45) is -4.57. The van der Waals surface area contributed by atoms with E-state index in [1.54, 1.807) is 37.3 Å². The van der Waals surface area contributed by atoms with Crippen LogP contribution in [0.3, 0.4) is 0 Å². The summed E-state index contributed by atoms with van der Waals surface area (Å²) >= 11 is 3.35. The summed E-state index contributed by atoms with van der Waals surface area (Å²) in [5.41, 5.74) is -0.558. The molecule has 10 heteroatoms. The highest BCUT2D eigenvalue weighted by Gasteiger charge is 2.46. The summed E-state index contributed by atoms with van der Waals surface area (Å²) in [6.45, 7) is 1.36. The summed E-state index contributed by atoms with van der Waals surface area (Å²) in [7, 11) is 0. The molecule has 0 aliphatic carbocycles. The Labute approximate surface area is 210 Å². The Bertz CT molecular complexity index is 1550. The van der Waals surface area contributed by atoms with Gasteiger partial charge >= 0.3 is 6.18 Å². The minimum Gasteiger partial charge on any atom is -0.503 e. The van der Waals surface area contributed by atoms with Crippen LogP contribution in [0.5, 0.6) is 0 Å². The van der Waals surface area contributed by atoms with Crippen molar-refractivity contribution in [3.8, 4) is 0 Å². The number of alkyl halides is 3. The number of rotatable bonds is 5. The Hall–Kier alpha value is -3.79. The van der Waals surface area contributed by atoms with Crippen LogP contribution in [-0.2, 0) is 17.5 Å². The predicted octanol–water partition coefficient (Wildman–Crippen LogP) is 6.89. The lowest BCUT2D eigenvalue weighted by Crippen LogP contribution is -2.30. The lowest BCUT2D eigenvalue weighted by Gasteiger charge is -2.25. The van der Waals surface area contributed by atoms with Crippen LogP contribution < -0.4 is 0 Å². The molecule has 1 aliphatic rings. The van der Waals surface area contributed by atoms with E-state index in [1.807, 2.05) is 0 Å². The van der Waals surface area contributed by atoms with E-state index < -0.39 is 35.2 Å². The first-order valence-electron chi connectivity index (χ1n) is 10.7. The van der Waals surface area contributed by atoms with Crippen molar-refractivity contribution in [3.05, 3.63) is 105 Å². The number of hydrogen-bond acceptors (Lipinski definition) is 5. The quantitative estimate of drug-likeness (QED) is 0.269. The molecule has 184 valence electrons. The number of fused-ring (bicyclic) bond motifs is 1. The maximum atomic E-state index is 13.5. The summed E-state index contributed by atoms with van der Waals surface area (Å²) in [4.78, 5) is 27.8. The third-order valence-electron chi connectivity index (χ3n) is 5.89. The van der Waals surface area contributed by atoms with Gasteiger partial charge in [-0.25, -0.2) is 0 Å². The van der Waals surface area contributed by atoms with Gasteiger partial charge in [0.05, 0.1) is 11.1 Å². The van der Waals surface area contributed by atoms with Crippen molar-refractivity contribution >= 4 is 38.6 Å². The van der Waals surface area contributed by atoms with Crippen molar-refractivity contribution in [1.29, 1.82) is 0 Å². The molecule has 0 fully saturated rings. The van der Waals surface area contributed by atoms with Crippen molar-refractivity contribution in [2.24, 2.45) is 0 Å². The molecule has 2 aromatic carbocycles. The first kappa shape index (κ1) is 23.9. The first-order chi connectivity index (χ1) is 17.0. The number of aliphatic hydroxyl groups is 1. The van der Waals surface area contributed by atoms with Gasteiger partial charge in [0.2, 0.25) is 5.78 Å². The Morgan fingerprint density at radius 2 is 1.86 bits per heavy atom. The number of furan rings is 2. The lowest BCUT2D eigenvalue weighted by molar-refractivity contribution is -0.137. The van der Waals surface area contributed by atoms with Crippen LogP contribution in [0, 0.1) is 6.92 Å². The molecule has 0 bridgehead atoms. The fourth-order valence-corrected chi connectivity index (χ4v) is 4.63. The second-order valence-electron chi connectivity index (χ2n) is 8.37. The fraction of sp³-hybridized carbons (Fsp3) is 0.154. The number of ketones is 1. The van der Waals surface area contributed by atoms with Crippen molar-refractivity contribution in [2.45, 2.75) is 25.7 Å². The number of halogens is 4. The molecular weight excluding hydrogens is 543 g/mol. The van der Waals surface area contributed by atoms with Gasteiger partial charge in [0, 0.05) is 16.4 Å². The Morgan fingerprint density at radius 3 is 2.56 bits per heavy atom. The highest BCUT2D eigenvalue weighted by molar-refractivity contribution is 9.10. The minimum absolute atomic E-state index is 0.105. The molecule has 0 spiro atoms. The third kappa shape index (κ3) is 4.21. The van der Waals surface area contributed by atoms with Gasteiger partial charge in [-0.3, -0.25) is 9.59 Å². The first-order valence-corrected chi connectivity index (χ1v) is 11.5. The maximum absolute atomic E-state index is 13.5. The van der Waals surface area contributed by atoms with E-state index in [0.717, 1.165) is 21.5 Å². The number of Topliss-reactive ketones (excluding diaryl/α,β-unsaturated/α-hetero) is 1. The molecular formula is C26H17BrF3NO5. The van der Waals surface area contributed by atoms with Gasteiger partial charge in [-0.05, 0) is 61.0 Å². The molecule has 0 radical (unpaired) electrons. The van der Waals surface area contributed by atoms with Crippen molar-refractivity contribution in [2.75, 3.05) is 0 Å². The zero-order valence-corrected chi connectivity index (χ0v) is 20.2. The van der Waals surface area contributed by atoms with Crippen LogP contribution in [0.25, 0.3) is 11.0 Å². The predicted molar refractivity (Wildman–Crippen MR) is 126 cm³/mol. The average molecular weight is 560 g/mol. The molecule has 5 rings (SSSR count). The number of nitrogens with zero attached hydrogens (tertiary/aromatic N) is 1. The van der Waals surface area contributed by atoms with E-state index in [2.05, 4.69) is 15.9 Å². The van der Waals surface area contributed by atoms with E-state index in [4.69, 9.17) is 8.83 Å². The van der Waals surface area contributed by atoms with Gasteiger partial charge in [0.25, 0.3) is 5.91 Å². The average Bonchev–Trinajstić information content (AvgIpc) is 3.50. The van der Waals surface area contributed by atoms with Crippen molar-refractivity contribution < 1.29 is 36.7 Å². The van der Waals surface area contributed by atoms with Crippen LogP contribution in [0.4, 0.5) is 13.2 Å². The van der Waals surface area contributed by atoms with Crippen LogP contribution in [0.2, 0.25) is 0 Å². The normalized spacial score (nSPS) is 16.4. The fourth-order valence-electron chi connectivity index (χ4n) is 4.25. The molecule has 4 aromatic rings. The molecule has 1 N–H and O–H groups in total. The molecule has 3 heterocycles. The number of benzene rings is 2. The van der Waals surface area contributed by atoms with Crippen LogP contribution in [0.15, 0.2) is 85.3 Å². The van der Waals surface area contributed by atoms with E-state index in [9.17, 15) is 27.9 Å². The second kappa shape index (κ2) is 8.70. The van der Waals surface area contributed by atoms with Gasteiger partial charge in [-0.15, -0.1) is 0 Å². The van der Waals surface area contributed by atoms with E-state index in [-0.39, 0.29) is 29.2 Å². The Morgan fingerprint density at radius 1 is 1.08 bits per heavy atom. The molecule has 1 amide bonds. The number of aliphatic hydroxyl groups excluding tert-OH is 1. The standard InChI is InChI=1S/C26H17BrF3NO5/c1-13-5-7-19(35-13)22-21(23(32)20-11-15-10-17(27)6-8-18(15)36-20)24(33)25(34)31(22)12-14-3-2-4-16(9-14)26(28,29)30/h2-11,22,33H,12H2,1H3. The van der Waals surface area contributed by atoms with Crippen LogP contribution in [-0.4, -0.2) is 21.7 Å². The minimum atomic E-state index is -4.57. The van der Waals surface area contributed by atoms with Gasteiger partial charge in [0.1, 0.15) is 23.1 Å². The van der Waals surface area contributed by atoms with Gasteiger partial charge in [-0.2, -0.15) is 13.2 Å². The van der Waals surface area contributed by atoms with Crippen molar-refractivity contribution in [3.63, 3.8) is 0 Å². The van der Waals surface area contributed by atoms with Crippen molar-refractivity contribution in [1.82, 2.24) is 4.90 Å². The molecule has 0 saturated carbocycles. The highest BCUT2D eigenvalue weighted by Crippen LogP contribution is 2.41. The molecule has 1 atom stereocenters. The number of carbonyl (C=O) groups excluding carboxylic acids is 2. The lowest BCUT2D eigenvalue weighted by atomic mass is 9.99. The highest BCUT2D eigenvalue weighted by atomic mass is 79.9. The van der Waals surface area contributed by atoms with Gasteiger partial charge in [0.15, 0.2) is 11.5 Å². The maximum Gasteiger partial charge on any atom is 0.416 e. The zero-order valence-electron chi connectivity index (χ0n) is 18.6. The smallest absolute Gasteiger partial charge is 0.416 e. The third-order valence-corrected chi connectivity index (χ3v) is 6.38.